The number of carbonyl (C=O) groups excluding carboxylic acids is 1. The highest BCUT2D eigenvalue weighted by Crippen LogP contribution is 2.34. The van der Waals surface area contributed by atoms with Gasteiger partial charge in [0.05, 0.1) is 18.6 Å². The summed E-state index contributed by atoms with van der Waals surface area (Å²) in [7, 11) is 0. The molecule has 2 heterocycles. The van der Waals surface area contributed by atoms with Crippen LogP contribution in [-0.2, 0) is 4.79 Å². The number of rotatable bonds is 6. The number of thiophene rings is 1. The van der Waals surface area contributed by atoms with Crippen molar-refractivity contribution < 1.29 is 4.79 Å². The minimum Gasteiger partial charge on any atom is -0.334 e. The van der Waals surface area contributed by atoms with Gasteiger partial charge in [-0.05, 0) is 42.3 Å². The predicted molar refractivity (Wildman–Crippen MR) is 115 cm³/mol. The number of nitrogens with one attached hydrogen (secondary N) is 1. The van der Waals surface area contributed by atoms with Gasteiger partial charge in [-0.2, -0.15) is 0 Å². The van der Waals surface area contributed by atoms with Gasteiger partial charge in [0.2, 0.25) is 5.91 Å². The molecule has 144 valence electrons. The van der Waals surface area contributed by atoms with Gasteiger partial charge in [0.15, 0.2) is 0 Å². The number of hydrogen-bond acceptors (Lipinski definition) is 3. The van der Waals surface area contributed by atoms with Crippen LogP contribution >= 0.6 is 11.3 Å². The maximum atomic E-state index is 13.0. The molecule has 3 nitrogen and oxygen atoms in total. The fourth-order valence-electron chi connectivity index (χ4n) is 3.97. The van der Waals surface area contributed by atoms with E-state index in [-0.39, 0.29) is 18.0 Å². The van der Waals surface area contributed by atoms with E-state index in [9.17, 15) is 4.79 Å². The van der Waals surface area contributed by atoms with Crippen molar-refractivity contribution >= 4 is 17.2 Å². The number of benzene rings is 2. The largest absolute Gasteiger partial charge is 0.334 e. The molecule has 1 aromatic heterocycles. The van der Waals surface area contributed by atoms with Crippen LogP contribution in [0.1, 0.15) is 46.5 Å². The summed E-state index contributed by atoms with van der Waals surface area (Å²) in [6.45, 7) is 3.29. The molecular weight excluding hydrogens is 364 g/mol. The van der Waals surface area contributed by atoms with Crippen LogP contribution in [-0.4, -0.2) is 23.9 Å². The van der Waals surface area contributed by atoms with Gasteiger partial charge in [-0.15, -0.1) is 11.3 Å². The Kier molecular flexibility index (Phi) is 5.89. The third-order valence-corrected chi connectivity index (χ3v) is 6.42. The van der Waals surface area contributed by atoms with E-state index in [2.05, 4.69) is 71.1 Å². The zero-order valence-electron chi connectivity index (χ0n) is 16.2. The third-order valence-electron chi connectivity index (χ3n) is 5.45. The molecule has 0 radical (unpaired) electrons. The number of amides is 1. The molecule has 2 aromatic carbocycles. The Hall–Kier alpha value is -2.43. The fourth-order valence-corrected chi connectivity index (χ4v) is 4.84. The Morgan fingerprint density at radius 1 is 1.07 bits per heavy atom. The smallest absolute Gasteiger partial charge is 0.237 e. The topological polar surface area (TPSA) is 32.3 Å². The predicted octanol–water partition coefficient (Wildman–Crippen LogP) is 5.10. The molecule has 0 aliphatic carbocycles. The van der Waals surface area contributed by atoms with Gasteiger partial charge in [-0.1, -0.05) is 66.2 Å². The van der Waals surface area contributed by atoms with E-state index in [0.29, 0.717) is 6.54 Å². The summed E-state index contributed by atoms with van der Waals surface area (Å²) >= 11 is 1.75. The number of aryl methyl sites for hydroxylation is 1. The Labute approximate surface area is 171 Å². The second-order valence-corrected chi connectivity index (χ2v) is 8.38. The highest BCUT2D eigenvalue weighted by molar-refractivity contribution is 7.10. The van der Waals surface area contributed by atoms with Gasteiger partial charge in [0, 0.05) is 11.4 Å². The first kappa shape index (κ1) is 18.9. The van der Waals surface area contributed by atoms with Crippen molar-refractivity contribution in [3.05, 3.63) is 93.7 Å². The van der Waals surface area contributed by atoms with Crippen molar-refractivity contribution in [2.45, 2.75) is 31.8 Å². The van der Waals surface area contributed by atoms with Gasteiger partial charge in [0.1, 0.15) is 0 Å². The van der Waals surface area contributed by atoms with Gasteiger partial charge in [0.25, 0.3) is 0 Å². The first-order chi connectivity index (χ1) is 13.7. The zero-order chi connectivity index (χ0) is 19.3. The first-order valence-corrected chi connectivity index (χ1v) is 10.8. The van der Waals surface area contributed by atoms with E-state index in [1.54, 1.807) is 11.3 Å². The summed E-state index contributed by atoms with van der Waals surface area (Å²) in [5, 5.41) is 5.62. The number of carbonyl (C=O) groups is 1. The normalized spacial score (nSPS) is 17.6. The average molecular weight is 391 g/mol. The number of likely N-dealkylation sites (tertiary alicyclic amines) is 1. The molecule has 4 rings (SSSR count). The molecule has 1 saturated heterocycles. The first-order valence-electron chi connectivity index (χ1n) is 9.90. The van der Waals surface area contributed by atoms with Crippen LogP contribution < -0.4 is 5.32 Å². The quantitative estimate of drug-likeness (QED) is 0.635. The minimum absolute atomic E-state index is 0.00791. The Morgan fingerprint density at radius 3 is 2.54 bits per heavy atom. The van der Waals surface area contributed by atoms with Crippen LogP contribution in [0.25, 0.3) is 0 Å². The molecule has 1 N–H and O–H groups in total. The zero-order valence-corrected chi connectivity index (χ0v) is 17.0. The summed E-state index contributed by atoms with van der Waals surface area (Å²) in [5.74, 6) is 0.184. The molecule has 4 heteroatoms. The molecule has 1 aliphatic heterocycles. The van der Waals surface area contributed by atoms with E-state index in [0.717, 1.165) is 19.4 Å². The maximum absolute atomic E-state index is 13.0. The molecular formula is C24H26N2OS. The Bertz CT molecular complexity index is 890. The average Bonchev–Trinajstić information content (AvgIpc) is 3.41. The van der Waals surface area contributed by atoms with E-state index in [1.165, 1.54) is 21.6 Å². The Morgan fingerprint density at radius 2 is 1.82 bits per heavy atom. The van der Waals surface area contributed by atoms with E-state index >= 15 is 0 Å². The second kappa shape index (κ2) is 8.72. The van der Waals surface area contributed by atoms with E-state index < -0.39 is 0 Å². The summed E-state index contributed by atoms with van der Waals surface area (Å²) in [6, 6.07) is 23.4. The SMILES string of the molecule is Cc1ccc(C(NCC(=O)N2CCCC2c2cccs2)c2ccccc2)cc1. The third kappa shape index (κ3) is 4.18. The highest BCUT2D eigenvalue weighted by Gasteiger charge is 2.30. The van der Waals surface area contributed by atoms with Gasteiger partial charge in [-0.3, -0.25) is 10.1 Å². The molecule has 3 aromatic rings. The van der Waals surface area contributed by atoms with Crippen molar-refractivity contribution in [3.8, 4) is 0 Å². The molecule has 1 fully saturated rings. The van der Waals surface area contributed by atoms with Crippen LogP contribution in [0.4, 0.5) is 0 Å². The van der Waals surface area contributed by atoms with Gasteiger partial charge >= 0.3 is 0 Å². The van der Waals surface area contributed by atoms with E-state index in [1.807, 2.05) is 18.2 Å². The van der Waals surface area contributed by atoms with Crippen molar-refractivity contribution in [3.63, 3.8) is 0 Å². The molecule has 2 atom stereocenters. The summed E-state index contributed by atoms with van der Waals surface area (Å²) in [4.78, 5) is 16.4. The summed E-state index contributed by atoms with van der Waals surface area (Å²) < 4.78 is 0. The fraction of sp³-hybridized carbons (Fsp3) is 0.292. The highest BCUT2D eigenvalue weighted by atomic mass is 32.1. The lowest BCUT2D eigenvalue weighted by atomic mass is 9.98. The lowest BCUT2D eigenvalue weighted by molar-refractivity contribution is -0.131. The lowest BCUT2D eigenvalue weighted by Gasteiger charge is -2.26. The van der Waals surface area contributed by atoms with Crippen molar-refractivity contribution in [2.24, 2.45) is 0 Å². The summed E-state index contributed by atoms with van der Waals surface area (Å²) in [5.41, 5.74) is 3.60. The van der Waals surface area contributed by atoms with Crippen molar-refractivity contribution in [1.29, 1.82) is 0 Å². The number of hydrogen-bond donors (Lipinski definition) is 1. The molecule has 1 amide bonds. The number of nitrogens with zero attached hydrogens (tertiary/aromatic N) is 1. The van der Waals surface area contributed by atoms with Crippen LogP contribution in [0.15, 0.2) is 72.1 Å². The molecule has 2 unspecified atom stereocenters. The Balaban J connectivity index is 1.49. The monoisotopic (exact) mass is 390 g/mol. The van der Waals surface area contributed by atoms with Crippen molar-refractivity contribution in [2.75, 3.05) is 13.1 Å². The van der Waals surface area contributed by atoms with E-state index in [4.69, 9.17) is 0 Å². The van der Waals surface area contributed by atoms with Gasteiger partial charge < -0.3 is 4.90 Å². The van der Waals surface area contributed by atoms with Crippen LogP contribution in [0.3, 0.4) is 0 Å². The second-order valence-electron chi connectivity index (χ2n) is 7.40. The van der Waals surface area contributed by atoms with Crippen LogP contribution in [0.2, 0.25) is 0 Å². The maximum Gasteiger partial charge on any atom is 0.237 e. The molecule has 28 heavy (non-hydrogen) atoms. The van der Waals surface area contributed by atoms with Crippen molar-refractivity contribution in [1.82, 2.24) is 10.2 Å². The molecule has 1 aliphatic rings. The van der Waals surface area contributed by atoms with Crippen LogP contribution in [0, 0.1) is 6.92 Å². The molecule has 0 spiro atoms. The molecule has 0 bridgehead atoms. The molecule has 0 saturated carbocycles. The minimum atomic E-state index is 0.00791. The lowest BCUT2D eigenvalue weighted by Crippen LogP contribution is -2.39. The standard InChI is InChI=1S/C24H26N2OS/c1-18-11-13-20(14-12-18)24(19-7-3-2-4-8-19)25-17-23(27)26-15-5-9-21(26)22-10-6-16-28-22/h2-4,6-8,10-14,16,21,24-25H,5,9,15,17H2,1H3. The van der Waals surface area contributed by atoms with Gasteiger partial charge in [-0.25, -0.2) is 0 Å². The van der Waals surface area contributed by atoms with Crippen LogP contribution in [0.5, 0.6) is 0 Å². The summed E-state index contributed by atoms with van der Waals surface area (Å²) in [6.07, 6.45) is 2.14.